The van der Waals surface area contributed by atoms with Crippen molar-refractivity contribution < 1.29 is 4.74 Å². The van der Waals surface area contributed by atoms with Gasteiger partial charge in [0.25, 0.3) is 0 Å². The van der Waals surface area contributed by atoms with E-state index in [4.69, 9.17) is 4.74 Å². The number of ether oxygens (including phenoxy) is 1. The van der Waals surface area contributed by atoms with Crippen LogP contribution in [0.3, 0.4) is 0 Å². The Bertz CT molecular complexity index is 337. The van der Waals surface area contributed by atoms with Crippen LogP contribution in [0.15, 0.2) is 12.3 Å². The SMILES string of the molecule is CN(C)c1cnc(I)c(OC2CC2)c1. The lowest BCUT2D eigenvalue weighted by atomic mass is 10.4. The summed E-state index contributed by atoms with van der Waals surface area (Å²) in [4.78, 5) is 6.33. The fourth-order valence-corrected chi connectivity index (χ4v) is 1.53. The predicted octanol–water partition coefficient (Wildman–Crippen LogP) is 2.29. The zero-order valence-corrected chi connectivity index (χ0v) is 10.5. The van der Waals surface area contributed by atoms with E-state index in [0.717, 1.165) is 15.1 Å². The van der Waals surface area contributed by atoms with Gasteiger partial charge in [-0.25, -0.2) is 4.98 Å². The van der Waals surface area contributed by atoms with Crippen molar-refractivity contribution >= 4 is 28.3 Å². The standard InChI is InChI=1S/C10H13IN2O/c1-13(2)7-5-9(10(11)12-6-7)14-8-3-4-8/h5-6,8H,3-4H2,1-2H3. The molecule has 0 amide bonds. The molecule has 1 heterocycles. The smallest absolute Gasteiger partial charge is 0.153 e. The number of hydrogen-bond donors (Lipinski definition) is 0. The van der Waals surface area contributed by atoms with E-state index in [1.165, 1.54) is 12.8 Å². The second-order valence-corrected chi connectivity index (χ2v) is 4.72. The van der Waals surface area contributed by atoms with E-state index in [-0.39, 0.29) is 0 Å². The molecular formula is C10H13IN2O. The molecule has 1 aliphatic carbocycles. The van der Waals surface area contributed by atoms with Crippen LogP contribution in [-0.2, 0) is 0 Å². The topological polar surface area (TPSA) is 25.4 Å². The van der Waals surface area contributed by atoms with Crippen molar-refractivity contribution in [3.63, 3.8) is 0 Å². The van der Waals surface area contributed by atoms with Crippen molar-refractivity contribution in [3.8, 4) is 5.75 Å². The first-order valence-electron chi connectivity index (χ1n) is 4.66. The third-order valence-electron chi connectivity index (χ3n) is 2.13. The largest absolute Gasteiger partial charge is 0.488 e. The van der Waals surface area contributed by atoms with Crippen LogP contribution in [0.25, 0.3) is 0 Å². The lowest BCUT2D eigenvalue weighted by Crippen LogP contribution is -2.10. The van der Waals surface area contributed by atoms with Crippen molar-refractivity contribution in [2.24, 2.45) is 0 Å². The summed E-state index contributed by atoms with van der Waals surface area (Å²) in [6.07, 6.45) is 4.66. The fourth-order valence-electron chi connectivity index (χ4n) is 1.11. The summed E-state index contributed by atoms with van der Waals surface area (Å²) in [5, 5.41) is 0. The minimum Gasteiger partial charge on any atom is -0.488 e. The van der Waals surface area contributed by atoms with Gasteiger partial charge in [0, 0.05) is 20.2 Å². The lowest BCUT2D eigenvalue weighted by molar-refractivity contribution is 0.299. The Morgan fingerprint density at radius 2 is 2.21 bits per heavy atom. The van der Waals surface area contributed by atoms with Gasteiger partial charge in [-0.15, -0.1) is 0 Å². The van der Waals surface area contributed by atoms with Gasteiger partial charge in [0.1, 0.15) is 3.70 Å². The van der Waals surface area contributed by atoms with Crippen LogP contribution >= 0.6 is 22.6 Å². The molecule has 76 valence electrons. The molecule has 0 unspecified atom stereocenters. The van der Waals surface area contributed by atoms with E-state index in [1.807, 2.05) is 31.3 Å². The van der Waals surface area contributed by atoms with Crippen LogP contribution in [0.5, 0.6) is 5.75 Å². The van der Waals surface area contributed by atoms with Crippen molar-refractivity contribution in [1.82, 2.24) is 4.98 Å². The summed E-state index contributed by atoms with van der Waals surface area (Å²) in [6.45, 7) is 0. The highest BCUT2D eigenvalue weighted by atomic mass is 127. The van der Waals surface area contributed by atoms with E-state index in [2.05, 4.69) is 27.6 Å². The molecule has 0 radical (unpaired) electrons. The maximum absolute atomic E-state index is 5.75. The van der Waals surface area contributed by atoms with E-state index >= 15 is 0 Å². The average molecular weight is 304 g/mol. The fraction of sp³-hybridized carbons (Fsp3) is 0.500. The Labute approximate surface area is 97.6 Å². The van der Waals surface area contributed by atoms with Crippen LogP contribution in [0.1, 0.15) is 12.8 Å². The first-order chi connectivity index (χ1) is 6.66. The summed E-state index contributed by atoms with van der Waals surface area (Å²) in [5.74, 6) is 0.916. The van der Waals surface area contributed by atoms with Crippen LogP contribution in [0.2, 0.25) is 0 Å². The zero-order valence-electron chi connectivity index (χ0n) is 8.33. The molecule has 2 rings (SSSR count). The first-order valence-corrected chi connectivity index (χ1v) is 5.74. The molecule has 4 heteroatoms. The van der Waals surface area contributed by atoms with Crippen LogP contribution in [0, 0.1) is 3.70 Å². The third kappa shape index (κ3) is 2.29. The number of halogens is 1. The van der Waals surface area contributed by atoms with Crippen molar-refractivity contribution in [2.45, 2.75) is 18.9 Å². The molecular weight excluding hydrogens is 291 g/mol. The Hall–Kier alpha value is -0.520. The van der Waals surface area contributed by atoms with Gasteiger partial charge in [0.2, 0.25) is 0 Å². The molecule has 0 atom stereocenters. The van der Waals surface area contributed by atoms with Crippen LogP contribution < -0.4 is 9.64 Å². The molecule has 1 aliphatic rings. The molecule has 0 spiro atoms. The van der Waals surface area contributed by atoms with Gasteiger partial charge >= 0.3 is 0 Å². The molecule has 1 aromatic rings. The number of hydrogen-bond acceptors (Lipinski definition) is 3. The van der Waals surface area contributed by atoms with Gasteiger partial charge in [-0.2, -0.15) is 0 Å². The third-order valence-corrected chi connectivity index (χ3v) is 2.94. The Kier molecular flexibility index (Phi) is 2.80. The number of pyridine rings is 1. The van der Waals surface area contributed by atoms with Crippen molar-refractivity contribution in [1.29, 1.82) is 0 Å². The summed E-state index contributed by atoms with van der Waals surface area (Å²) in [5.41, 5.74) is 1.08. The average Bonchev–Trinajstić information content (AvgIpc) is 2.92. The van der Waals surface area contributed by atoms with Gasteiger partial charge in [-0.3, -0.25) is 0 Å². The minimum absolute atomic E-state index is 0.433. The molecule has 1 saturated carbocycles. The summed E-state index contributed by atoms with van der Waals surface area (Å²) >= 11 is 2.21. The van der Waals surface area contributed by atoms with E-state index in [9.17, 15) is 0 Å². The molecule has 14 heavy (non-hydrogen) atoms. The molecule has 0 aliphatic heterocycles. The second kappa shape index (κ2) is 3.92. The molecule has 0 bridgehead atoms. The zero-order chi connectivity index (χ0) is 10.1. The maximum atomic E-state index is 5.75. The highest BCUT2D eigenvalue weighted by Crippen LogP contribution is 2.31. The van der Waals surface area contributed by atoms with E-state index < -0.39 is 0 Å². The Morgan fingerprint density at radius 3 is 2.79 bits per heavy atom. The van der Waals surface area contributed by atoms with Crippen molar-refractivity contribution in [3.05, 3.63) is 16.0 Å². The van der Waals surface area contributed by atoms with E-state index in [1.54, 1.807) is 0 Å². The minimum atomic E-state index is 0.433. The summed E-state index contributed by atoms with van der Waals surface area (Å²) < 4.78 is 6.69. The number of rotatable bonds is 3. The normalized spacial score (nSPS) is 15.4. The van der Waals surface area contributed by atoms with Gasteiger partial charge < -0.3 is 9.64 Å². The quantitative estimate of drug-likeness (QED) is 0.633. The highest BCUT2D eigenvalue weighted by Gasteiger charge is 2.24. The summed E-state index contributed by atoms with van der Waals surface area (Å²) in [6, 6.07) is 2.05. The Balaban J connectivity index is 2.21. The van der Waals surface area contributed by atoms with Crippen LogP contribution in [0.4, 0.5) is 5.69 Å². The summed E-state index contributed by atoms with van der Waals surface area (Å²) in [7, 11) is 4.01. The second-order valence-electron chi connectivity index (χ2n) is 3.69. The predicted molar refractivity (Wildman–Crippen MR) is 64.9 cm³/mol. The number of aromatic nitrogens is 1. The Morgan fingerprint density at radius 1 is 1.50 bits per heavy atom. The van der Waals surface area contributed by atoms with Gasteiger partial charge in [-0.1, -0.05) is 0 Å². The maximum Gasteiger partial charge on any atom is 0.153 e. The van der Waals surface area contributed by atoms with E-state index in [0.29, 0.717) is 6.10 Å². The molecule has 0 N–H and O–H groups in total. The number of anilines is 1. The molecule has 1 fully saturated rings. The van der Waals surface area contributed by atoms with Gasteiger partial charge in [-0.05, 0) is 35.4 Å². The number of nitrogens with zero attached hydrogens (tertiary/aromatic N) is 2. The molecule has 1 aromatic heterocycles. The molecule has 0 aromatic carbocycles. The first kappa shape index (κ1) is 10.0. The molecule has 3 nitrogen and oxygen atoms in total. The monoisotopic (exact) mass is 304 g/mol. The molecule has 0 saturated heterocycles. The van der Waals surface area contributed by atoms with Crippen molar-refractivity contribution in [2.75, 3.05) is 19.0 Å². The highest BCUT2D eigenvalue weighted by molar-refractivity contribution is 14.1. The van der Waals surface area contributed by atoms with Gasteiger partial charge in [0.15, 0.2) is 5.75 Å². The lowest BCUT2D eigenvalue weighted by Gasteiger charge is -2.14. The van der Waals surface area contributed by atoms with Crippen LogP contribution in [-0.4, -0.2) is 25.2 Å². The van der Waals surface area contributed by atoms with Gasteiger partial charge in [0.05, 0.1) is 18.0 Å².